The highest BCUT2D eigenvalue weighted by atomic mass is 19.1. The second-order valence-electron chi connectivity index (χ2n) is 6.41. The van der Waals surface area contributed by atoms with Gasteiger partial charge in [-0.3, -0.25) is 9.59 Å². The number of benzene rings is 2. The fourth-order valence-corrected chi connectivity index (χ4v) is 3.11. The zero-order valence-electron chi connectivity index (χ0n) is 14.2. The molecule has 0 radical (unpaired) electrons. The van der Waals surface area contributed by atoms with Crippen LogP contribution in [0.15, 0.2) is 42.5 Å². The van der Waals surface area contributed by atoms with Gasteiger partial charge in [0.2, 0.25) is 5.91 Å². The van der Waals surface area contributed by atoms with Crippen LogP contribution in [0.2, 0.25) is 0 Å². The minimum Gasteiger partial charge on any atom is -0.332 e. The molecule has 0 saturated carbocycles. The first-order chi connectivity index (χ1) is 12.0. The number of fused-ring (bicyclic) bond motifs is 1. The molecule has 0 bridgehead atoms. The Morgan fingerprint density at radius 2 is 1.72 bits per heavy atom. The van der Waals surface area contributed by atoms with Gasteiger partial charge in [-0.15, -0.1) is 0 Å². The molecule has 1 N–H and O–H groups in total. The molecule has 0 unspecified atom stereocenters. The number of likely N-dealkylation sites (N-methyl/N-ethyl adjacent to an activating group) is 1. The third-order valence-electron chi connectivity index (χ3n) is 4.45. The summed E-state index contributed by atoms with van der Waals surface area (Å²) in [7, 11) is 1.60. The summed E-state index contributed by atoms with van der Waals surface area (Å²) in [5, 5.41) is 2.66. The Balaban J connectivity index is 1.62. The van der Waals surface area contributed by atoms with Crippen LogP contribution in [0.4, 0.5) is 10.1 Å². The molecule has 4 nitrogen and oxygen atoms in total. The van der Waals surface area contributed by atoms with E-state index in [1.165, 1.54) is 46.7 Å². The lowest BCUT2D eigenvalue weighted by Crippen LogP contribution is -2.35. The van der Waals surface area contributed by atoms with Crippen LogP contribution < -0.4 is 5.32 Å². The summed E-state index contributed by atoms with van der Waals surface area (Å²) in [6.45, 7) is -0.0622. The summed E-state index contributed by atoms with van der Waals surface area (Å²) in [6.07, 6.45) is 4.43. The van der Waals surface area contributed by atoms with E-state index in [9.17, 15) is 14.0 Å². The van der Waals surface area contributed by atoms with E-state index < -0.39 is 0 Å². The smallest absolute Gasteiger partial charge is 0.254 e. The fraction of sp³-hybridized carbons (Fsp3) is 0.300. The van der Waals surface area contributed by atoms with Gasteiger partial charge in [0.15, 0.2) is 0 Å². The summed E-state index contributed by atoms with van der Waals surface area (Å²) in [6, 6.07) is 11.3. The third kappa shape index (κ3) is 4.24. The highest BCUT2D eigenvalue weighted by Crippen LogP contribution is 2.22. The Kier molecular flexibility index (Phi) is 5.12. The molecule has 25 heavy (non-hydrogen) atoms. The Morgan fingerprint density at radius 3 is 2.44 bits per heavy atom. The molecular weight excluding hydrogens is 319 g/mol. The molecule has 2 aromatic carbocycles. The first-order valence-corrected chi connectivity index (χ1v) is 8.45. The van der Waals surface area contributed by atoms with Crippen LogP contribution in [-0.2, 0) is 17.6 Å². The normalized spacial score (nSPS) is 13.0. The topological polar surface area (TPSA) is 49.4 Å². The van der Waals surface area contributed by atoms with Crippen molar-refractivity contribution in [3.05, 3.63) is 65.0 Å². The predicted octanol–water partition coefficient (Wildman–Crippen LogP) is 3.42. The van der Waals surface area contributed by atoms with Crippen molar-refractivity contribution in [1.82, 2.24) is 4.90 Å². The monoisotopic (exact) mass is 340 g/mol. The maximum atomic E-state index is 12.9. The van der Waals surface area contributed by atoms with Crippen LogP contribution in [0, 0.1) is 5.82 Å². The number of carbonyl (C=O) groups is 2. The fourth-order valence-electron chi connectivity index (χ4n) is 3.11. The first kappa shape index (κ1) is 17.1. The maximum Gasteiger partial charge on any atom is 0.254 e. The van der Waals surface area contributed by atoms with Gasteiger partial charge in [-0.2, -0.15) is 0 Å². The van der Waals surface area contributed by atoms with E-state index in [-0.39, 0.29) is 24.2 Å². The van der Waals surface area contributed by atoms with Crippen molar-refractivity contribution < 1.29 is 14.0 Å². The standard InChI is InChI=1S/C20H21FN2O2/c1-23(13-19(24)22-18-10-8-17(21)9-11-18)20(25)16-7-6-14-4-2-3-5-15(14)12-16/h6-12H,2-5,13H2,1H3,(H,22,24). The van der Waals surface area contributed by atoms with Crippen molar-refractivity contribution >= 4 is 17.5 Å². The SMILES string of the molecule is CN(CC(=O)Nc1ccc(F)cc1)C(=O)c1ccc2c(c1)CCCC2. The molecule has 0 saturated heterocycles. The van der Waals surface area contributed by atoms with E-state index in [1.54, 1.807) is 7.05 Å². The van der Waals surface area contributed by atoms with Crippen molar-refractivity contribution in [2.75, 3.05) is 18.9 Å². The van der Waals surface area contributed by atoms with E-state index in [0.29, 0.717) is 11.3 Å². The summed E-state index contributed by atoms with van der Waals surface area (Å²) < 4.78 is 12.9. The van der Waals surface area contributed by atoms with Crippen molar-refractivity contribution in [2.24, 2.45) is 0 Å². The average molecular weight is 340 g/mol. The molecule has 1 aliphatic carbocycles. The first-order valence-electron chi connectivity index (χ1n) is 8.45. The second-order valence-corrected chi connectivity index (χ2v) is 6.41. The van der Waals surface area contributed by atoms with E-state index in [2.05, 4.69) is 5.32 Å². The van der Waals surface area contributed by atoms with Crippen LogP contribution in [0.3, 0.4) is 0 Å². The Hall–Kier alpha value is -2.69. The van der Waals surface area contributed by atoms with Crippen LogP contribution in [-0.4, -0.2) is 30.3 Å². The number of carbonyl (C=O) groups excluding carboxylic acids is 2. The average Bonchev–Trinajstić information content (AvgIpc) is 2.62. The van der Waals surface area contributed by atoms with Gasteiger partial charge >= 0.3 is 0 Å². The van der Waals surface area contributed by atoms with Gasteiger partial charge in [0.1, 0.15) is 5.82 Å². The number of rotatable bonds is 4. The van der Waals surface area contributed by atoms with Crippen molar-refractivity contribution in [3.8, 4) is 0 Å². The summed E-state index contributed by atoms with van der Waals surface area (Å²) in [5.41, 5.74) is 3.67. The molecular formula is C20H21FN2O2. The van der Waals surface area contributed by atoms with Crippen LogP contribution in [0.5, 0.6) is 0 Å². The lowest BCUT2D eigenvalue weighted by Gasteiger charge is -2.20. The number of nitrogens with zero attached hydrogens (tertiary/aromatic N) is 1. The highest BCUT2D eigenvalue weighted by Gasteiger charge is 2.17. The van der Waals surface area contributed by atoms with Crippen molar-refractivity contribution in [2.45, 2.75) is 25.7 Å². The summed E-state index contributed by atoms with van der Waals surface area (Å²) in [4.78, 5) is 26.0. The maximum absolute atomic E-state index is 12.9. The van der Waals surface area contributed by atoms with Gasteiger partial charge in [-0.05, 0) is 73.2 Å². The molecule has 0 spiro atoms. The largest absolute Gasteiger partial charge is 0.332 e. The Morgan fingerprint density at radius 1 is 1.04 bits per heavy atom. The van der Waals surface area contributed by atoms with E-state index in [0.717, 1.165) is 19.3 Å². The minimum absolute atomic E-state index is 0.0622. The molecule has 5 heteroatoms. The molecule has 0 atom stereocenters. The van der Waals surface area contributed by atoms with Gasteiger partial charge < -0.3 is 10.2 Å². The molecule has 0 heterocycles. The Labute approximate surface area is 146 Å². The van der Waals surface area contributed by atoms with Crippen molar-refractivity contribution in [3.63, 3.8) is 0 Å². The third-order valence-corrected chi connectivity index (χ3v) is 4.45. The molecule has 3 rings (SSSR count). The molecule has 2 amide bonds. The number of halogens is 1. The summed E-state index contributed by atoms with van der Waals surface area (Å²) >= 11 is 0. The number of anilines is 1. The molecule has 0 aliphatic heterocycles. The lowest BCUT2D eigenvalue weighted by molar-refractivity contribution is -0.116. The van der Waals surface area contributed by atoms with Crippen LogP contribution >= 0.6 is 0 Å². The Bertz CT molecular complexity index is 787. The molecule has 1 aliphatic rings. The highest BCUT2D eigenvalue weighted by molar-refractivity contribution is 5.99. The molecule has 2 aromatic rings. The molecule has 0 aromatic heterocycles. The summed E-state index contributed by atoms with van der Waals surface area (Å²) in [5.74, 6) is -0.860. The van der Waals surface area contributed by atoms with Gasteiger partial charge in [0.05, 0.1) is 6.54 Å². The number of amides is 2. The zero-order valence-corrected chi connectivity index (χ0v) is 14.2. The van der Waals surface area contributed by atoms with E-state index in [4.69, 9.17) is 0 Å². The quantitative estimate of drug-likeness (QED) is 0.927. The number of nitrogens with one attached hydrogen (secondary N) is 1. The van der Waals surface area contributed by atoms with E-state index >= 15 is 0 Å². The van der Waals surface area contributed by atoms with Gasteiger partial charge in [-0.25, -0.2) is 4.39 Å². The van der Waals surface area contributed by atoms with Crippen LogP contribution in [0.25, 0.3) is 0 Å². The number of aryl methyl sites for hydroxylation is 2. The second kappa shape index (κ2) is 7.47. The molecule has 130 valence electrons. The minimum atomic E-state index is -0.363. The van der Waals surface area contributed by atoms with Gasteiger partial charge in [0.25, 0.3) is 5.91 Å². The number of hydrogen-bond donors (Lipinski definition) is 1. The predicted molar refractivity (Wildman–Crippen MR) is 95.1 cm³/mol. The zero-order chi connectivity index (χ0) is 17.8. The lowest BCUT2D eigenvalue weighted by atomic mass is 9.90. The number of hydrogen-bond acceptors (Lipinski definition) is 2. The van der Waals surface area contributed by atoms with Gasteiger partial charge in [-0.1, -0.05) is 6.07 Å². The van der Waals surface area contributed by atoms with Crippen LogP contribution in [0.1, 0.15) is 34.3 Å². The van der Waals surface area contributed by atoms with Gasteiger partial charge in [0, 0.05) is 18.3 Å². The van der Waals surface area contributed by atoms with Crippen molar-refractivity contribution in [1.29, 1.82) is 0 Å². The van der Waals surface area contributed by atoms with E-state index in [1.807, 2.05) is 18.2 Å². The molecule has 0 fully saturated rings.